The van der Waals surface area contributed by atoms with Gasteiger partial charge in [0.2, 0.25) is 10.0 Å². The van der Waals surface area contributed by atoms with Gasteiger partial charge in [-0.1, -0.05) is 49.3 Å². The molecule has 0 saturated heterocycles. The number of sulfonamides is 1. The van der Waals surface area contributed by atoms with Crippen LogP contribution in [0.15, 0.2) is 80.9 Å². The second-order valence-electron chi connectivity index (χ2n) is 8.08. The average molecular weight is 560 g/mol. The molecular formula is C26H26ClN3O3S3. The van der Waals surface area contributed by atoms with E-state index in [1.165, 1.54) is 40.3 Å². The highest BCUT2D eigenvalue weighted by atomic mass is 35.5. The Morgan fingerprint density at radius 2 is 1.72 bits per heavy atom. The number of carbonyl (C=O) groups excluding carboxylic acids is 1. The number of rotatable bonds is 10. The highest BCUT2D eigenvalue weighted by Gasteiger charge is 2.23. The molecule has 4 rings (SSSR count). The van der Waals surface area contributed by atoms with Crippen molar-refractivity contribution in [2.45, 2.75) is 40.8 Å². The maximum Gasteiger partial charge on any atom is 0.255 e. The number of halogens is 1. The number of aromatic nitrogens is 1. The molecule has 0 fully saturated rings. The molecule has 0 aliphatic rings. The summed E-state index contributed by atoms with van der Waals surface area (Å²) in [5, 5.41) is 3.33. The Bertz CT molecular complexity index is 1430. The Balaban J connectivity index is 1.44. The first-order valence-corrected chi connectivity index (χ1v) is 15.0. The van der Waals surface area contributed by atoms with Crippen LogP contribution in [-0.2, 0) is 10.0 Å². The van der Waals surface area contributed by atoms with Crippen molar-refractivity contribution in [2.75, 3.05) is 18.4 Å². The fourth-order valence-corrected chi connectivity index (χ4v) is 7.58. The summed E-state index contributed by atoms with van der Waals surface area (Å²) < 4.78 is 29.4. The van der Waals surface area contributed by atoms with Gasteiger partial charge < -0.3 is 5.32 Å². The highest BCUT2D eigenvalue weighted by Crippen LogP contribution is 2.38. The number of fused-ring (bicyclic) bond motifs is 1. The molecule has 0 unspecified atom stereocenters. The van der Waals surface area contributed by atoms with Crippen molar-refractivity contribution in [2.24, 2.45) is 0 Å². The first kappa shape index (κ1) is 26.6. The molecule has 0 aliphatic heterocycles. The summed E-state index contributed by atoms with van der Waals surface area (Å²) in [5.41, 5.74) is 1.86. The summed E-state index contributed by atoms with van der Waals surface area (Å²) in [6.07, 6.45) is 1.47. The first-order valence-electron chi connectivity index (χ1n) is 11.6. The van der Waals surface area contributed by atoms with E-state index in [1.54, 1.807) is 23.5 Å². The Hall–Kier alpha value is -2.43. The molecule has 0 radical (unpaired) electrons. The standard InChI is InChI=1S/C26H26ClN3O3S3/c1-3-15-30(16-4-2)36(32,33)20-12-9-18(10-13-20)25(31)28-19-11-14-23(21(27)17-19)34-26-29-22-7-5-6-8-24(22)35-26/h5-14,17H,3-4,15-16H2,1-2H3,(H,28,31). The number of hydrogen-bond acceptors (Lipinski definition) is 6. The van der Waals surface area contributed by atoms with Gasteiger partial charge in [-0.05, 0) is 67.4 Å². The summed E-state index contributed by atoms with van der Waals surface area (Å²) in [7, 11) is -3.59. The van der Waals surface area contributed by atoms with E-state index in [4.69, 9.17) is 11.6 Å². The minimum absolute atomic E-state index is 0.181. The SMILES string of the molecule is CCCN(CCC)S(=O)(=O)c1ccc(C(=O)Nc2ccc(Sc3nc4ccccc4s3)c(Cl)c2)cc1. The molecule has 0 saturated carbocycles. The van der Waals surface area contributed by atoms with Crippen LogP contribution in [-0.4, -0.2) is 36.7 Å². The fourth-order valence-electron chi connectivity index (χ4n) is 3.63. The molecule has 1 aromatic heterocycles. The molecule has 4 aromatic rings. The van der Waals surface area contributed by atoms with E-state index in [0.717, 1.165) is 32.3 Å². The number of nitrogens with zero attached hydrogens (tertiary/aromatic N) is 2. The Morgan fingerprint density at radius 1 is 1.03 bits per heavy atom. The largest absolute Gasteiger partial charge is 0.322 e. The van der Waals surface area contributed by atoms with Crippen LogP contribution in [0.4, 0.5) is 5.69 Å². The summed E-state index contributed by atoms with van der Waals surface area (Å²) in [6.45, 7) is 4.83. The normalized spacial score (nSPS) is 11.8. The van der Waals surface area contributed by atoms with Gasteiger partial charge in [-0.3, -0.25) is 4.79 Å². The van der Waals surface area contributed by atoms with Crippen LogP contribution >= 0.6 is 34.7 Å². The van der Waals surface area contributed by atoms with E-state index < -0.39 is 10.0 Å². The maximum absolute atomic E-state index is 12.9. The summed E-state index contributed by atoms with van der Waals surface area (Å²) in [5.74, 6) is -0.347. The Morgan fingerprint density at radius 3 is 2.36 bits per heavy atom. The van der Waals surface area contributed by atoms with Gasteiger partial charge in [0, 0.05) is 29.2 Å². The number of anilines is 1. The number of benzene rings is 3. The zero-order chi connectivity index (χ0) is 25.7. The van der Waals surface area contributed by atoms with Gasteiger partial charge in [-0.25, -0.2) is 13.4 Å². The lowest BCUT2D eigenvalue weighted by molar-refractivity contribution is 0.102. The predicted molar refractivity (Wildman–Crippen MR) is 149 cm³/mol. The van der Waals surface area contributed by atoms with Crippen molar-refractivity contribution in [3.63, 3.8) is 0 Å². The van der Waals surface area contributed by atoms with E-state index in [-0.39, 0.29) is 10.8 Å². The molecule has 3 aromatic carbocycles. The van der Waals surface area contributed by atoms with Gasteiger partial charge in [0.1, 0.15) is 0 Å². The molecule has 0 aliphatic carbocycles. The van der Waals surface area contributed by atoms with Gasteiger partial charge in [0.25, 0.3) is 5.91 Å². The lowest BCUT2D eigenvalue weighted by Crippen LogP contribution is -2.32. The lowest BCUT2D eigenvalue weighted by Gasteiger charge is -2.21. The second kappa shape index (κ2) is 11.7. The topological polar surface area (TPSA) is 79.4 Å². The average Bonchev–Trinajstić information content (AvgIpc) is 3.28. The van der Waals surface area contributed by atoms with Crippen molar-refractivity contribution in [3.8, 4) is 0 Å². The van der Waals surface area contributed by atoms with Gasteiger partial charge in [0.05, 0.1) is 20.1 Å². The summed E-state index contributed by atoms with van der Waals surface area (Å²) >= 11 is 9.57. The molecule has 10 heteroatoms. The summed E-state index contributed by atoms with van der Waals surface area (Å²) in [6, 6.07) is 19.3. The van der Waals surface area contributed by atoms with Gasteiger partial charge in [-0.15, -0.1) is 11.3 Å². The lowest BCUT2D eigenvalue weighted by atomic mass is 10.2. The van der Waals surface area contributed by atoms with Crippen LogP contribution < -0.4 is 5.32 Å². The number of carbonyl (C=O) groups is 1. The zero-order valence-corrected chi connectivity index (χ0v) is 23.1. The zero-order valence-electron chi connectivity index (χ0n) is 19.9. The van der Waals surface area contributed by atoms with Crippen molar-refractivity contribution in [3.05, 3.63) is 77.3 Å². The van der Waals surface area contributed by atoms with Crippen LogP contribution in [0.1, 0.15) is 37.0 Å². The highest BCUT2D eigenvalue weighted by molar-refractivity contribution is 8.01. The maximum atomic E-state index is 12.9. The predicted octanol–water partition coefficient (Wildman–Crippen LogP) is 7.16. The Labute approximate surface area is 224 Å². The number of thiazole rings is 1. The third-order valence-corrected chi connectivity index (χ3v) is 9.87. The van der Waals surface area contributed by atoms with Crippen molar-refractivity contribution >= 4 is 66.5 Å². The molecule has 1 heterocycles. The molecule has 0 atom stereocenters. The number of amides is 1. The Kier molecular flexibility index (Phi) is 8.69. The molecule has 1 amide bonds. The van der Waals surface area contributed by atoms with Crippen LogP contribution in [0, 0.1) is 0 Å². The number of nitrogens with one attached hydrogen (secondary N) is 1. The van der Waals surface area contributed by atoms with Crippen LogP contribution in [0.2, 0.25) is 5.02 Å². The summed E-state index contributed by atoms with van der Waals surface area (Å²) in [4.78, 5) is 18.4. The molecule has 1 N–H and O–H groups in total. The quantitative estimate of drug-likeness (QED) is 0.223. The molecule has 0 spiro atoms. The molecule has 188 valence electrons. The third kappa shape index (κ3) is 6.10. The molecular weight excluding hydrogens is 534 g/mol. The molecule has 36 heavy (non-hydrogen) atoms. The number of para-hydroxylation sites is 1. The fraction of sp³-hybridized carbons (Fsp3) is 0.231. The second-order valence-corrected chi connectivity index (χ2v) is 12.7. The van der Waals surface area contributed by atoms with Crippen molar-refractivity contribution in [1.29, 1.82) is 0 Å². The first-order chi connectivity index (χ1) is 17.3. The van der Waals surface area contributed by atoms with Gasteiger partial charge in [0.15, 0.2) is 4.34 Å². The molecule has 6 nitrogen and oxygen atoms in total. The van der Waals surface area contributed by atoms with Gasteiger partial charge in [-0.2, -0.15) is 4.31 Å². The smallest absolute Gasteiger partial charge is 0.255 e. The van der Waals surface area contributed by atoms with Crippen molar-refractivity contribution in [1.82, 2.24) is 9.29 Å². The van der Waals surface area contributed by atoms with Gasteiger partial charge >= 0.3 is 0 Å². The van der Waals surface area contributed by atoms with E-state index in [0.29, 0.717) is 29.4 Å². The minimum atomic E-state index is -3.59. The van der Waals surface area contributed by atoms with E-state index in [9.17, 15) is 13.2 Å². The van der Waals surface area contributed by atoms with Crippen LogP contribution in [0.5, 0.6) is 0 Å². The van der Waals surface area contributed by atoms with Crippen LogP contribution in [0.25, 0.3) is 10.2 Å². The van der Waals surface area contributed by atoms with Crippen LogP contribution in [0.3, 0.4) is 0 Å². The third-order valence-electron chi connectivity index (χ3n) is 5.36. The molecule has 0 bridgehead atoms. The minimum Gasteiger partial charge on any atom is -0.322 e. The number of hydrogen-bond donors (Lipinski definition) is 1. The van der Waals surface area contributed by atoms with Crippen molar-refractivity contribution < 1.29 is 13.2 Å². The van der Waals surface area contributed by atoms with E-state index in [2.05, 4.69) is 10.3 Å². The van der Waals surface area contributed by atoms with E-state index in [1.807, 2.05) is 44.2 Å². The van der Waals surface area contributed by atoms with E-state index >= 15 is 0 Å². The monoisotopic (exact) mass is 559 g/mol.